The van der Waals surface area contributed by atoms with Crippen LogP contribution in [0.25, 0.3) is 11.5 Å². The van der Waals surface area contributed by atoms with Crippen LogP contribution in [0.4, 0.5) is 0 Å². The normalized spacial score (nSPS) is 10.4. The third kappa shape index (κ3) is 3.47. The van der Waals surface area contributed by atoms with Gasteiger partial charge >= 0.3 is 0 Å². The standard InChI is InChI=1S/C12H13N3O3S/c1-17-9-5-3-2-4-8(9)11-14-15-12(18-11)19-7-6-10(13)16/h2-5H,6-7H2,1H3,(H2,13,16). The quantitative estimate of drug-likeness (QED) is 0.809. The lowest BCUT2D eigenvalue weighted by Crippen LogP contribution is -2.10. The summed E-state index contributed by atoms with van der Waals surface area (Å²) < 4.78 is 10.7. The van der Waals surface area contributed by atoms with Gasteiger partial charge in [-0.3, -0.25) is 4.79 Å². The summed E-state index contributed by atoms with van der Waals surface area (Å²) in [5, 5.41) is 8.27. The van der Waals surface area contributed by atoms with Crippen molar-refractivity contribution in [3.63, 3.8) is 0 Å². The first-order valence-electron chi connectivity index (χ1n) is 5.58. The molecule has 0 spiro atoms. The van der Waals surface area contributed by atoms with E-state index in [9.17, 15) is 4.79 Å². The van der Waals surface area contributed by atoms with Crippen LogP contribution in [0.15, 0.2) is 33.9 Å². The molecule has 1 aromatic heterocycles. The zero-order valence-electron chi connectivity index (χ0n) is 10.3. The Hall–Kier alpha value is -2.02. The highest BCUT2D eigenvalue weighted by Crippen LogP contribution is 2.30. The van der Waals surface area contributed by atoms with Crippen molar-refractivity contribution >= 4 is 17.7 Å². The van der Waals surface area contributed by atoms with Crippen LogP contribution in [0.2, 0.25) is 0 Å². The molecular formula is C12H13N3O3S. The van der Waals surface area contributed by atoms with E-state index in [1.165, 1.54) is 11.8 Å². The number of aromatic nitrogens is 2. The first kappa shape index (κ1) is 13.4. The minimum atomic E-state index is -0.350. The van der Waals surface area contributed by atoms with Gasteiger partial charge in [-0.1, -0.05) is 23.9 Å². The van der Waals surface area contributed by atoms with Crippen molar-refractivity contribution in [2.24, 2.45) is 5.73 Å². The van der Waals surface area contributed by atoms with Crippen LogP contribution in [-0.2, 0) is 4.79 Å². The van der Waals surface area contributed by atoms with Crippen molar-refractivity contribution < 1.29 is 13.9 Å². The molecule has 1 aromatic carbocycles. The minimum absolute atomic E-state index is 0.275. The SMILES string of the molecule is COc1ccccc1-c1nnc(SCCC(N)=O)o1. The van der Waals surface area contributed by atoms with Crippen molar-refractivity contribution in [3.8, 4) is 17.2 Å². The van der Waals surface area contributed by atoms with Gasteiger partial charge in [0.2, 0.25) is 5.91 Å². The zero-order chi connectivity index (χ0) is 13.7. The second kappa shape index (κ2) is 6.24. The van der Waals surface area contributed by atoms with Gasteiger partial charge in [-0.15, -0.1) is 10.2 Å². The summed E-state index contributed by atoms with van der Waals surface area (Å²) in [6.45, 7) is 0. The number of rotatable bonds is 6. The average molecular weight is 279 g/mol. The molecule has 19 heavy (non-hydrogen) atoms. The largest absolute Gasteiger partial charge is 0.496 e. The number of benzene rings is 1. The van der Waals surface area contributed by atoms with Gasteiger partial charge in [0.1, 0.15) is 5.75 Å². The maximum Gasteiger partial charge on any atom is 0.276 e. The van der Waals surface area contributed by atoms with Crippen LogP contribution in [0, 0.1) is 0 Å². The van der Waals surface area contributed by atoms with Crippen LogP contribution in [0.5, 0.6) is 5.75 Å². The molecule has 0 fully saturated rings. The van der Waals surface area contributed by atoms with Gasteiger partial charge in [0.25, 0.3) is 11.1 Å². The molecule has 100 valence electrons. The third-order valence-electron chi connectivity index (χ3n) is 2.32. The maximum absolute atomic E-state index is 10.6. The molecule has 2 aromatic rings. The van der Waals surface area contributed by atoms with E-state index in [2.05, 4.69) is 10.2 Å². The number of amides is 1. The van der Waals surface area contributed by atoms with Gasteiger partial charge in [-0.05, 0) is 12.1 Å². The highest BCUT2D eigenvalue weighted by Gasteiger charge is 2.13. The summed E-state index contributed by atoms with van der Waals surface area (Å²) >= 11 is 1.30. The molecule has 0 saturated heterocycles. The number of para-hydroxylation sites is 1. The Bertz CT molecular complexity index is 571. The number of methoxy groups -OCH3 is 1. The summed E-state index contributed by atoms with van der Waals surface area (Å²) in [6.07, 6.45) is 0.275. The molecule has 0 aliphatic heterocycles. The monoisotopic (exact) mass is 279 g/mol. The van der Waals surface area contributed by atoms with E-state index in [4.69, 9.17) is 14.9 Å². The van der Waals surface area contributed by atoms with Crippen molar-refractivity contribution in [3.05, 3.63) is 24.3 Å². The van der Waals surface area contributed by atoms with Crippen molar-refractivity contribution in [1.29, 1.82) is 0 Å². The Kier molecular flexibility index (Phi) is 4.40. The molecule has 0 radical (unpaired) electrons. The molecule has 2 rings (SSSR count). The molecule has 0 bridgehead atoms. The molecule has 0 aliphatic rings. The number of nitrogens with two attached hydrogens (primary N) is 1. The van der Waals surface area contributed by atoms with E-state index in [1.807, 2.05) is 24.3 Å². The van der Waals surface area contributed by atoms with Gasteiger partial charge in [0.05, 0.1) is 12.7 Å². The number of primary amides is 1. The minimum Gasteiger partial charge on any atom is -0.496 e. The number of nitrogens with zero attached hydrogens (tertiary/aromatic N) is 2. The van der Waals surface area contributed by atoms with Gasteiger partial charge in [0, 0.05) is 12.2 Å². The summed E-state index contributed by atoms with van der Waals surface area (Å²) in [5.41, 5.74) is 5.79. The predicted octanol–water partition coefficient (Wildman–Crippen LogP) is 1.71. The van der Waals surface area contributed by atoms with Crippen LogP contribution >= 0.6 is 11.8 Å². The Morgan fingerprint density at radius 3 is 2.95 bits per heavy atom. The number of hydrogen-bond donors (Lipinski definition) is 1. The van der Waals surface area contributed by atoms with Crippen molar-refractivity contribution in [2.75, 3.05) is 12.9 Å². The predicted molar refractivity (Wildman–Crippen MR) is 70.8 cm³/mol. The topological polar surface area (TPSA) is 91.2 Å². The van der Waals surface area contributed by atoms with Gasteiger partial charge in [0.15, 0.2) is 0 Å². The van der Waals surface area contributed by atoms with Gasteiger partial charge in [-0.2, -0.15) is 0 Å². The molecule has 6 nitrogen and oxygen atoms in total. The van der Waals surface area contributed by atoms with Crippen LogP contribution in [0.3, 0.4) is 0 Å². The van der Waals surface area contributed by atoms with Crippen molar-refractivity contribution in [1.82, 2.24) is 10.2 Å². The highest BCUT2D eigenvalue weighted by molar-refractivity contribution is 7.99. The van der Waals surface area contributed by atoms with Crippen LogP contribution in [0.1, 0.15) is 6.42 Å². The van der Waals surface area contributed by atoms with E-state index >= 15 is 0 Å². The average Bonchev–Trinajstić information content (AvgIpc) is 2.87. The first-order chi connectivity index (χ1) is 9.20. The lowest BCUT2D eigenvalue weighted by molar-refractivity contribution is -0.117. The lowest BCUT2D eigenvalue weighted by Gasteiger charge is -2.03. The van der Waals surface area contributed by atoms with Crippen LogP contribution in [-0.4, -0.2) is 29.0 Å². The van der Waals surface area contributed by atoms with E-state index in [1.54, 1.807) is 7.11 Å². The molecule has 0 unspecified atom stereocenters. The molecule has 7 heteroatoms. The fourth-order valence-electron chi connectivity index (χ4n) is 1.44. The molecule has 2 N–H and O–H groups in total. The Morgan fingerprint density at radius 1 is 1.42 bits per heavy atom. The Balaban J connectivity index is 2.10. The van der Waals surface area contributed by atoms with Crippen LogP contribution < -0.4 is 10.5 Å². The van der Waals surface area contributed by atoms with E-state index in [0.29, 0.717) is 22.6 Å². The molecule has 0 aliphatic carbocycles. The summed E-state index contributed by atoms with van der Waals surface area (Å²) in [7, 11) is 1.58. The summed E-state index contributed by atoms with van der Waals surface area (Å²) in [5.74, 6) is 1.22. The van der Waals surface area contributed by atoms with Gasteiger partial charge in [-0.25, -0.2) is 0 Å². The Morgan fingerprint density at radius 2 is 2.21 bits per heavy atom. The van der Waals surface area contributed by atoms with Crippen molar-refractivity contribution in [2.45, 2.75) is 11.6 Å². The number of thioether (sulfide) groups is 1. The number of carbonyl (C=O) groups is 1. The molecule has 1 heterocycles. The second-order valence-electron chi connectivity index (χ2n) is 3.64. The molecular weight excluding hydrogens is 266 g/mol. The Labute approximate surface area is 114 Å². The molecule has 0 saturated carbocycles. The highest BCUT2D eigenvalue weighted by atomic mass is 32.2. The van der Waals surface area contributed by atoms with Gasteiger partial charge < -0.3 is 14.9 Å². The number of ether oxygens (including phenoxy) is 1. The fraction of sp³-hybridized carbons (Fsp3) is 0.250. The number of hydrogen-bond acceptors (Lipinski definition) is 6. The smallest absolute Gasteiger partial charge is 0.276 e. The fourth-order valence-corrected chi connectivity index (χ4v) is 2.15. The van der Waals surface area contributed by atoms with E-state index < -0.39 is 0 Å². The summed E-state index contributed by atoms with van der Waals surface area (Å²) in [4.78, 5) is 10.6. The third-order valence-corrected chi connectivity index (χ3v) is 3.14. The van der Waals surface area contributed by atoms with E-state index in [0.717, 1.165) is 5.56 Å². The zero-order valence-corrected chi connectivity index (χ0v) is 11.1. The second-order valence-corrected chi connectivity index (χ2v) is 4.68. The lowest BCUT2D eigenvalue weighted by atomic mass is 10.2. The maximum atomic E-state index is 10.6. The summed E-state index contributed by atoms with van der Waals surface area (Å²) in [6, 6.07) is 7.38. The first-order valence-corrected chi connectivity index (χ1v) is 6.57. The van der Waals surface area contributed by atoms with E-state index in [-0.39, 0.29) is 12.3 Å². The molecule has 1 amide bonds. The number of carbonyl (C=O) groups excluding carboxylic acids is 1. The molecule has 0 atom stereocenters.